The zero-order chi connectivity index (χ0) is 14.0. The predicted molar refractivity (Wildman–Crippen MR) is 67.2 cm³/mol. The van der Waals surface area contributed by atoms with Crippen LogP contribution in [0.4, 0.5) is 14.5 Å². The summed E-state index contributed by atoms with van der Waals surface area (Å²) in [5.41, 5.74) is 5.77. The lowest BCUT2D eigenvalue weighted by Gasteiger charge is -2.07. The third kappa shape index (κ3) is 2.54. The number of halogens is 2. The number of methoxy groups -OCH3 is 1. The van der Waals surface area contributed by atoms with E-state index in [9.17, 15) is 13.6 Å². The van der Waals surface area contributed by atoms with Gasteiger partial charge in [0.15, 0.2) is 5.78 Å². The number of carbonyl (C=O) groups excluding carboxylic acids is 1. The van der Waals surface area contributed by atoms with Crippen molar-refractivity contribution in [3.05, 3.63) is 59.2 Å². The molecule has 5 heteroatoms. The van der Waals surface area contributed by atoms with E-state index in [0.29, 0.717) is 5.75 Å². The number of hydrogen-bond acceptors (Lipinski definition) is 3. The molecule has 98 valence electrons. The van der Waals surface area contributed by atoms with Gasteiger partial charge in [-0.05, 0) is 36.4 Å². The first-order valence-electron chi connectivity index (χ1n) is 5.46. The first kappa shape index (κ1) is 13.0. The smallest absolute Gasteiger partial charge is 0.196 e. The van der Waals surface area contributed by atoms with Gasteiger partial charge in [-0.15, -0.1) is 0 Å². The molecule has 19 heavy (non-hydrogen) atoms. The molecule has 0 aliphatic heterocycles. The number of hydrogen-bond donors (Lipinski definition) is 1. The van der Waals surface area contributed by atoms with Crippen LogP contribution < -0.4 is 10.5 Å². The topological polar surface area (TPSA) is 52.3 Å². The van der Waals surface area contributed by atoms with E-state index in [1.165, 1.54) is 25.3 Å². The standard InChI is InChI=1S/C14H11F2NO2/c1-19-13-5-2-8(6-12(13)17)14(18)10-7-9(15)3-4-11(10)16/h2-7H,17H2,1H3. The van der Waals surface area contributed by atoms with Crippen molar-refractivity contribution in [2.24, 2.45) is 0 Å². The molecule has 2 aromatic carbocycles. The molecule has 0 radical (unpaired) electrons. The van der Waals surface area contributed by atoms with E-state index in [0.717, 1.165) is 18.2 Å². The molecule has 0 aliphatic carbocycles. The number of rotatable bonds is 3. The van der Waals surface area contributed by atoms with Crippen LogP contribution in [0.5, 0.6) is 5.75 Å². The number of carbonyl (C=O) groups is 1. The Morgan fingerprint density at radius 3 is 2.53 bits per heavy atom. The van der Waals surface area contributed by atoms with Gasteiger partial charge in [-0.2, -0.15) is 0 Å². The fourth-order valence-corrected chi connectivity index (χ4v) is 1.70. The van der Waals surface area contributed by atoms with Gasteiger partial charge in [-0.1, -0.05) is 0 Å². The average molecular weight is 263 g/mol. The molecular formula is C14H11F2NO2. The van der Waals surface area contributed by atoms with E-state index in [2.05, 4.69) is 0 Å². The van der Waals surface area contributed by atoms with E-state index >= 15 is 0 Å². The van der Waals surface area contributed by atoms with E-state index in [1.807, 2.05) is 0 Å². The van der Waals surface area contributed by atoms with Crippen molar-refractivity contribution in [3.63, 3.8) is 0 Å². The lowest BCUT2D eigenvalue weighted by Crippen LogP contribution is -2.06. The van der Waals surface area contributed by atoms with Crippen molar-refractivity contribution in [1.82, 2.24) is 0 Å². The normalized spacial score (nSPS) is 10.3. The van der Waals surface area contributed by atoms with Gasteiger partial charge in [-0.25, -0.2) is 8.78 Å². The van der Waals surface area contributed by atoms with Crippen molar-refractivity contribution in [2.75, 3.05) is 12.8 Å². The van der Waals surface area contributed by atoms with Crippen LogP contribution in [0.1, 0.15) is 15.9 Å². The lowest BCUT2D eigenvalue weighted by molar-refractivity contribution is 0.103. The second-order valence-corrected chi connectivity index (χ2v) is 3.91. The number of anilines is 1. The number of ketones is 1. The first-order chi connectivity index (χ1) is 9.02. The zero-order valence-corrected chi connectivity index (χ0v) is 10.1. The van der Waals surface area contributed by atoms with Crippen molar-refractivity contribution in [1.29, 1.82) is 0 Å². The summed E-state index contributed by atoms with van der Waals surface area (Å²) in [5, 5.41) is 0. The summed E-state index contributed by atoms with van der Waals surface area (Å²) >= 11 is 0. The Labute approximate surface area is 108 Å². The highest BCUT2D eigenvalue weighted by Crippen LogP contribution is 2.24. The fourth-order valence-electron chi connectivity index (χ4n) is 1.70. The van der Waals surface area contributed by atoms with Gasteiger partial charge in [0.1, 0.15) is 17.4 Å². The molecule has 0 aliphatic rings. The highest BCUT2D eigenvalue weighted by molar-refractivity contribution is 6.09. The summed E-state index contributed by atoms with van der Waals surface area (Å²) in [4.78, 5) is 12.1. The number of ether oxygens (including phenoxy) is 1. The Morgan fingerprint density at radius 1 is 1.16 bits per heavy atom. The molecule has 0 aromatic heterocycles. The maximum absolute atomic E-state index is 13.5. The summed E-state index contributed by atoms with van der Waals surface area (Å²) in [6, 6.07) is 7.04. The van der Waals surface area contributed by atoms with Crippen LogP contribution in [-0.2, 0) is 0 Å². The SMILES string of the molecule is COc1ccc(C(=O)c2cc(F)ccc2F)cc1N. The molecule has 0 fully saturated rings. The van der Waals surface area contributed by atoms with Crippen molar-refractivity contribution in [3.8, 4) is 5.75 Å². The molecular weight excluding hydrogens is 252 g/mol. The maximum Gasteiger partial charge on any atom is 0.196 e. The van der Waals surface area contributed by atoms with Crippen LogP contribution in [0.2, 0.25) is 0 Å². The lowest BCUT2D eigenvalue weighted by atomic mass is 10.0. The number of nitrogen functional groups attached to an aromatic ring is 1. The molecule has 2 N–H and O–H groups in total. The zero-order valence-electron chi connectivity index (χ0n) is 10.1. The number of nitrogens with two attached hydrogens (primary N) is 1. The van der Waals surface area contributed by atoms with Crippen LogP contribution in [0.25, 0.3) is 0 Å². The third-order valence-electron chi connectivity index (χ3n) is 2.66. The van der Waals surface area contributed by atoms with E-state index < -0.39 is 17.4 Å². The molecule has 0 amide bonds. The highest BCUT2D eigenvalue weighted by Gasteiger charge is 2.16. The van der Waals surface area contributed by atoms with Gasteiger partial charge in [0.2, 0.25) is 0 Å². The monoisotopic (exact) mass is 263 g/mol. The van der Waals surface area contributed by atoms with Gasteiger partial charge in [0, 0.05) is 5.56 Å². The van der Waals surface area contributed by atoms with E-state index in [4.69, 9.17) is 10.5 Å². The van der Waals surface area contributed by atoms with Crippen molar-refractivity contribution in [2.45, 2.75) is 0 Å². The quantitative estimate of drug-likeness (QED) is 0.684. The maximum atomic E-state index is 13.5. The van der Waals surface area contributed by atoms with Gasteiger partial charge >= 0.3 is 0 Å². The average Bonchev–Trinajstić information content (AvgIpc) is 2.40. The molecule has 0 saturated heterocycles. The molecule has 0 atom stereocenters. The minimum atomic E-state index is -0.777. The van der Waals surface area contributed by atoms with Crippen LogP contribution in [-0.4, -0.2) is 12.9 Å². The predicted octanol–water partition coefficient (Wildman–Crippen LogP) is 2.79. The summed E-state index contributed by atoms with van der Waals surface area (Å²) in [7, 11) is 1.44. The molecule has 2 aromatic rings. The Morgan fingerprint density at radius 2 is 1.89 bits per heavy atom. The van der Waals surface area contributed by atoms with Gasteiger partial charge in [-0.3, -0.25) is 4.79 Å². The molecule has 2 rings (SSSR count). The summed E-state index contributed by atoms with van der Waals surface area (Å²) in [5.74, 6) is -1.67. The second-order valence-electron chi connectivity index (χ2n) is 3.91. The van der Waals surface area contributed by atoms with Gasteiger partial charge < -0.3 is 10.5 Å². The minimum Gasteiger partial charge on any atom is -0.495 e. The van der Waals surface area contributed by atoms with Crippen molar-refractivity contribution >= 4 is 11.5 Å². The Hall–Kier alpha value is -2.43. The van der Waals surface area contributed by atoms with Gasteiger partial charge in [0.25, 0.3) is 0 Å². The van der Waals surface area contributed by atoms with Gasteiger partial charge in [0.05, 0.1) is 18.4 Å². The minimum absolute atomic E-state index is 0.169. The Kier molecular flexibility index (Phi) is 3.46. The van der Waals surface area contributed by atoms with E-state index in [1.54, 1.807) is 0 Å². The Bertz CT molecular complexity index is 641. The molecule has 0 bridgehead atoms. The summed E-state index contributed by atoms with van der Waals surface area (Å²) in [6.07, 6.45) is 0. The van der Waals surface area contributed by atoms with Crippen LogP contribution >= 0.6 is 0 Å². The summed E-state index contributed by atoms with van der Waals surface area (Å²) < 4.78 is 31.5. The summed E-state index contributed by atoms with van der Waals surface area (Å²) in [6.45, 7) is 0. The van der Waals surface area contributed by atoms with Crippen molar-refractivity contribution < 1.29 is 18.3 Å². The number of benzene rings is 2. The van der Waals surface area contributed by atoms with Crippen LogP contribution in [0.3, 0.4) is 0 Å². The Balaban J connectivity index is 2.44. The molecule has 0 saturated carbocycles. The third-order valence-corrected chi connectivity index (χ3v) is 2.66. The highest BCUT2D eigenvalue weighted by atomic mass is 19.1. The molecule has 0 spiro atoms. The second kappa shape index (κ2) is 5.06. The molecule has 0 heterocycles. The van der Waals surface area contributed by atoms with E-state index in [-0.39, 0.29) is 16.8 Å². The fraction of sp³-hybridized carbons (Fsp3) is 0.0714. The molecule has 3 nitrogen and oxygen atoms in total. The molecule has 0 unspecified atom stereocenters. The largest absolute Gasteiger partial charge is 0.495 e. The van der Waals surface area contributed by atoms with Crippen LogP contribution in [0, 0.1) is 11.6 Å². The first-order valence-corrected chi connectivity index (χ1v) is 5.46. The van der Waals surface area contributed by atoms with Crippen LogP contribution in [0.15, 0.2) is 36.4 Å².